The molecule has 3 aromatic rings. The van der Waals surface area contributed by atoms with Crippen molar-refractivity contribution in [1.29, 1.82) is 0 Å². The van der Waals surface area contributed by atoms with Crippen LogP contribution < -0.4 is 10.1 Å². The number of nitrogens with one attached hydrogen (secondary N) is 1. The number of methoxy groups -OCH3 is 1. The molecule has 156 valence electrons. The number of likely N-dealkylation sites (N-methyl/N-ethyl adjacent to an activating group) is 1. The Hall–Kier alpha value is -3.45. The predicted molar refractivity (Wildman–Crippen MR) is 117 cm³/mol. The summed E-state index contributed by atoms with van der Waals surface area (Å²) in [5.41, 5.74) is 4.00. The Balaban J connectivity index is 1.56. The van der Waals surface area contributed by atoms with Gasteiger partial charge in [0.15, 0.2) is 0 Å². The fourth-order valence-corrected chi connectivity index (χ4v) is 3.04. The highest BCUT2D eigenvalue weighted by Gasteiger charge is 2.07. The second-order valence-corrected chi connectivity index (χ2v) is 6.86. The highest BCUT2D eigenvalue weighted by atomic mass is 16.5. The number of aliphatic carboxylic acids is 1. The summed E-state index contributed by atoms with van der Waals surface area (Å²) >= 11 is 0. The highest BCUT2D eigenvalue weighted by Crippen LogP contribution is 2.22. The lowest BCUT2D eigenvalue weighted by Gasteiger charge is -2.17. The van der Waals surface area contributed by atoms with Crippen molar-refractivity contribution in [2.24, 2.45) is 0 Å². The molecular weight excluding hydrogens is 380 g/mol. The summed E-state index contributed by atoms with van der Waals surface area (Å²) in [4.78, 5) is 21.6. The van der Waals surface area contributed by atoms with E-state index in [1.54, 1.807) is 19.5 Å². The van der Waals surface area contributed by atoms with Gasteiger partial charge in [0.25, 0.3) is 0 Å². The van der Waals surface area contributed by atoms with Gasteiger partial charge in [0.2, 0.25) is 5.95 Å². The summed E-state index contributed by atoms with van der Waals surface area (Å²) in [5.74, 6) is 0.540. The van der Waals surface area contributed by atoms with E-state index in [0.29, 0.717) is 12.5 Å². The maximum absolute atomic E-state index is 10.9. The molecule has 7 heteroatoms. The third kappa shape index (κ3) is 6.02. The predicted octanol–water partition coefficient (Wildman–Crippen LogP) is 3.84. The normalized spacial score (nSPS) is 10.8. The Morgan fingerprint density at radius 3 is 2.27 bits per heavy atom. The van der Waals surface area contributed by atoms with Crippen molar-refractivity contribution in [3.05, 3.63) is 66.5 Å². The number of rotatable bonds is 10. The zero-order valence-electron chi connectivity index (χ0n) is 17.2. The lowest BCUT2D eigenvalue weighted by atomic mass is 10.1. The van der Waals surface area contributed by atoms with Gasteiger partial charge < -0.3 is 15.2 Å². The van der Waals surface area contributed by atoms with Crippen LogP contribution in [-0.4, -0.2) is 52.7 Å². The van der Waals surface area contributed by atoms with E-state index in [9.17, 15) is 4.79 Å². The maximum Gasteiger partial charge on any atom is 0.317 e. The van der Waals surface area contributed by atoms with E-state index in [4.69, 9.17) is 9.84 Å². The zero-order chi connectivity index (χ0) is 21.3. The van der Waals surface area contributed by atoms with Crippen LogP contribution >= 0.6 is 0 Å². The van der Waals surface area contributed by atoms with E-state index >= 15 is 0 Å². The molecule has 0 fully saturated rings. The number of carboxylic acid groups (broad SMARTS) is 1. The molecule has 0 amide bonds. The molecule has 0 bridgehead atoms. The second-order valence-electron chi connectivity index (χ2n) is 6.86. The summed E-state index contributed by atoms with van der Waals surface area (Å²) in [6.45, 7) is 3.47. The van der Waals surface area contributed by atoms with E-state index in [1.807, 2.05) is 60.4 Å². The van der Waals surface area contributed by atoms with Gasteiger partial charge in [-0.15, -0.1) is 0 Å². The first-order valence-electron chi connectivity index (χ1n) is 9.84. The molecule has 0 atom stereocenters. The monoisotopic (exact) mass is 406 g/mol. The quantitative estimate of drug-likeness (QED) is 0.529. The van der Waals surface area contributed by atoms with E-state index in [-0.39, 0.29) is 6.54 Å². The van der Waals surface area contributed by atoms with Crippen LogP contribution in [0, 0.1) is 0 Å². The van der Waals surface area contributed by atoms with Crippen LogP contribution in [0.4, 0.5) is 11.6 Å². The van der Waals surface area contributed by atoms with Crippen LogP contribution in [0.15, 0.2) is 60.9 Å². The van der Waals surface area contributed by atoms with Gasteiger partial charge in [-0.1, -0.05) is 31.2 Å². The minimum Gasteiger partial charge on any atom is -0.497 e. The van der Waals surface area contributed by atoms with E-state index in [0.717, 1.165) is 41.1 Å². The summed E-state index contributed by atoms with van der Waals surface area (Å²) in [5, 5.41) is 12.1. The first-order chi connectivity index (χ1) is 14.6. The highest BCUT2D eigenvalue weighted by molar-refractivity contribution is 5.69. The standard InChI is InChI=1S/C23H26N4O3/c1-3-27(16-22(28)29)13-12-17-4-8-20(9-5-17)26-23-24-14-19(15-25-23)18-6-10-21(30-2)11-7-18/h4-11,14-15H,3,12-13,16H2,1-2H3,(H,28,29)(H,24,25,26). The van der Waals surface area contributed by atoms with Gasteiger partial charge in [-0.05, 0) is 48.4 Å². The minimum atomic E-state index is -0.797. The van der Waals surface area contributed by atoms with E-state index < -0.39 is 5.97 Å². The average Bonchev–Trinajstić information content (AvgIpc) is 2.78. The van der Waals surface area contributed by atoms with Crippen molar-refractivity contribution in [2.75, 3.05) is 32.1 Å². The molecule has 1 heterocycles. The van der Waals surface area contributed by atoms with Gasteiger partial charge >= 0.3 is 5.97 Å². The molecule has 2 N–H and O–H groups in total. The van der Waals surface area contributed by atoms with Crippen molar-refractivity contribution >= 4 is 17.6 Å². The molecule has 0 aliphatic rings. The van der Waals surface area contributed by atoms with Gasteiger partial charge in [-0.3, -0.25) is 9.69 Å². The molecule has 0 aliphatic heterocycles. The Kier molecular flexibility index (Phi) is 7.34. The van der Waals surface area contributed by atoms with Crippen LogP contribution in [0.3, 0.4) is 0 Å². The molecule has 2 aromatic carbocycles. The topological polar surface area (TPSA) is 87.6 Å². The summed E-state index contributed by atoms with van der Waals surface area (Å²) in [6.07, 6.45) is 4.37. The van der Waals surface area contributed by atoms with Gasteiger partial charge in [0.1, 0.15) is 5.75 Å². The minimum absolute atomic E-state index is 0.0694. The molecule has 7 nitrogen and oxygen atoms in total. The first-order valence-corrected chi connectivity index (χ1v) is 9.84. The number of nitrogens with zero attached hydrogens (tertiary/aromatic N) is 3. The fraction of sp³-hybridized carbons (Fsp3) is 0.261. The Morgan fingerprint density at radius 2 is 1.70 bits per heavy atom. The molecule has 0 unspecified atom stereocenters. The number of carbonyl (C=O) groups is 1. The first kappa shape index (κ1) is 21.3. The van der Waals surface area contributed by atoms with Crippen LogP contribution in [0.1, 0.15) is 12.5 Å². The van der Waals surface area contributed by atoms with Crippen molar-refractivity contribution in [2.45, 2.75) is 13.3 Å². The molecule has 0 radical (unpaired) electrons. The SMILES string of the molecule is CCN(CCc1ccc(Nc2ncc(-c3ccc(OC)cc3)cn2)cc1)CC(=O)O. The van der Waals surface area contributed by atoms with Crippen molar-refractivity contribution in [3.63, 3.8) is 0 Å². The molecule has 30 heavy (non-hydrogen) atoms. The molecule has 0 saturated heterocycles. The molecule has 0 aliphatic carbocycles. The summed E-state index contributed by atoms with van der Waals surface area (Å²) in [6, 6.07) is 15.8. The Morgan fingerprint density at radius 1 is 1.03 bits per heavy atom. The van der Waals surface area contributed by atoms with Gasteiger partial charge in [-0.2, -0.15) is 0 Å². The lowest BCUT2D eigenvalue weighted by Crippen LogP contribution is -2.31. The number of hydrogen-bond donors (Lipinski definition) is 2. The fourth-order valence-electron chi connectivity index (χ4n) is 3.04. The van der Waals surface area contributed by atoms with Crippen LogP contribution in [-0.2, 0) is 11.2 Å². The zero-order valence-corrected chi connectivity index (χ0v) is 17.2. The summed E-state index contributed by atoms with van der Waals surface area (Å²) < 4.78 is 5.18. The number of carboxylic acids is 1. The van der Waals surface area contributed by atoms with Crippen LogP contribution in [0.2, 0.25) is 0 Å². The van der Waals surface area contributed by atoms with E-state index in [2.05, 4.69) is 15.3 Å². The molecule has 3 rings (SSSR count). The summed E-state index contributed by atoms with van der Waals surface area (Å²) in [7, 11) is 1.64. The average molecular weight is 406 g/mol. The molecule has 0 saturated carbocycles. The largest absolute Gasteiger partial charge is 0.497 e. The van der Waals surface area contributed by atoms with Crippen molar-refractivity contribution in [1.82, 2.24) is 14.9 Å². The number of hydrogen-bond acceptors (Lipinski definition) is 6. The lowest BCUT2D eigenvalue weighted by molar-refractivity contribution is -0.138. The van der Waals surface area contributed by atoms with Crippen LogP contribution in [0.25, 0.3) is 11.1 Å². The smallest absolute Gasteiger partial charge is 0.317 e. The van der Waals surface area contributed by atoms with Gasteiger partial charge in [0, 0.05) is 30.2 Å². The maximum atomic E-state index is 10.9. The molecular formula is C23H26N4O3. The van der Waals surface area contributed by atoms with E-state index in [1.165, 1.54) is 0 Å². The van der Waals surface area contributed by atoms with Gasteiger partial charge in [0.05, 0.1) is 13.7 Å². The third-order valence-corrected chi connectivity index (χ3v) is 4.81. The number of ether oxygens (including phenoxy) is 1. The van der Waals surface area contributed by atoms with Gasteiger partial charge in [-0.25, -0.2) is 9.97 Å². The molecule has 0 spiro atoms. The number of aromatic nitrogens is 2. The molecule has 1 aromatic heterocycles. The number of anilines is 2. The number of benzene rings is 2. The van der Waals surface area contributed by atoms with Crippen LogP contribution in [0.5, 0.6) is 5.75 Å². The van der Waals surface area contributed by atoms with Crippen molar-refractivity contribution in [3.8, 4) is 16.9 Å². The second kappa shape index (κ2) is 10.4. The third-order valence-electron chi connectivity index (χ3n) is 4.81. The Labute approximate surface area is 176 Å². The van der Waals surface area contributed by atoms with Crippen molar-refractivity contribution < 1.29 is 14.6 Å². The Bertz CT molecular complexity index is 942.